The van der Waals surface area contributed by atoms with Gasteiger partial charge < -0.3 is 21.3 Å². The van der Waals surface area contributed by atoms with Crippen molar-refractivity contribution in [3.05, 3.63) is 30.3 Å². The van der Waals surface area contributed by atoms with Gasteiger partial charge in [0.25, 0.3) is 0 Å². The molecule has 4 amide bonds. The molecule has 35 heavy (non-hydrogen) atoms. The van der Waals surface area contributed by atoms with Gasteiger partial charge in [-0.1, -0.05) is 50.3 Å². The standard InChI is InChI=1S/C24H37N5O5S/c1-17(2)26-24(32)29-14-13-28(35(33,34)19-11-7-4-8-12-19)16-21(29)23(31)27-20(22(25)30)15-18-9-5-3-6-10-18/h4,7-8,11-12,17-18,20-21H,3,5-6,9-10,13-16H2,1-2H3,(H2,25,30)(H,26,32)(H,27,31). The lowest BCUT2D eigenvalue weighted by Gasteiger charge is -2.40. The molecule has 194 valence electrons. The van der Waals surface area contributed by atoms with Gasteiger partial charge in [-0.2, -0.15) is 4.31 Å². The quantitative estimate of drug-likeness (QED) is 0.488. The molecule has 0 bridgehead atoms. The zero-order valence-electron chi connectivity index (χ0n) is 20.5. The predicted octanol–water partition coefficient (Wildman–Crippen LogP) is 1.42. The molecule has 4 N–H and O–H groups in total. The van der Waals surface area contributed by atoms with E-state index in [0.717, 1.165) is 32.1 Å². The van der Waals surface area contributed by atoms with E-state index in [2.05, 4.69) is 10.6 Å². The summed E-state index contributed by atoms with van der Waals surface area (Å²) in [5, 5.41) is 5.50. The van der Waals surface area contributed by atoms with E-state index in [-0.39, 0.29) is 30.6 Å². The lowest BCUT2D eigenvalue weighted by Crippen LogP contribution is -2.64. The van der Waals surface area contributed by atoms with Crippen LogP contribution in [0.5, 0.6) is 0 Å². The monoisotopic (exact) mass is 507 g/mol. The largest absolute Gasteiger partial charge is 0.368 e. The fourth-order valence-electron chi connectivity index (χ4n) is 4.79. The van der Waals surface area contributed by atoms with Gasteiger partial charge in [0.1, 0.15) is 12.1 Å². The van der Waals surface area contributed by atoms with Gasteiger partial charge in [-0.25, -0.2) is 13.2 Å². The van der Waals surface area contributed by atoms with Crippen LogP contribution in [0.3, 0.4) is 0 Å². The number of rotatable bonds is 8. The third kappa shape index (κ3) is 6.94. The van der Waals surface area contributed by atoms with Crippen LogP contribution in [0.25, 0.3) is 0 Å². The van der Waals surface area contributed by atoms with Crippen molar-refractivity contribution < 1.29 is 22.8 Å². The molecular weight excluding hydrogens is 470 g/mol. The van der Waals surface area contributed by atoms with E-state index in [9.17, 15) is 22.8 Å². The number of hydrogen-bond acceptors (Lipinski definition) is 5. The Morgan fingerprint density at radius 2 is 1.69 bits per heavy atom. The number of amides is 4. The number of piperazine rings is 1. The molecular formula is C24H37N5O5S. The number of carbonyl (C=O) groups excluding carboxylic acids is 3. The molecule has 2 atom stereocenters. The van der Waals surface area contributed by atoms with Crippen LogP contribution in [0.1, 0.15) is 52.4 Å². The Hall–Kier alpha value is -2.66. The number of nitrogens with two attached hydrogens (primary N) is 1. The summed E-state index contributed by atoms with van der Waals surface area (Å²) in [6.07, 6.45) is 5.74. The van der Waals surface area contributed by atoms with Gasteiger partial charge in [0.15, 0.2) is 0 Å². The third-order valence-corrected chi connectivity index (χ3v) is 8.53. The van der Waals surface area contributed by atoms with Crippen molar-refractivity contribution in [2.45, 2.75) is 75.4 Å². The number of sulfonamides is 1. The highest BCUT2D eigenvalue weighted by Gasteiger charge is 2.41. The summed E-state index contributed by atoms with van der Waals surface area (Å²) in [5.74, 6) is -0.925. The first-order valence-electron chi connectivity index (χ1n) is 12.3. The number of hydrogen-bond donors (Lipinski definition) is 3. The van der Waals surface area contributed by atoms with Crippen LogP contribution in [0.15, 0.2) is 35.2 Å². The molecule has 1 aliphatic heterocycles. The SMILES string of the molecule is CC(C)NC(=O)N1CCN(S(=O)(=O)c2ccccc2)CC1C(=O)NC(CC1CCCCC1)C(N)=O. The van der Waals surface area contributed by atoms with Crippen LogP contribution >= 0.6 is 0 Å². The van der Waals surface area contributed by atoms with E-state index in [4.69, 9.17) is 5.73 Å². The van der Waals surface area contributed by atoms with Gasteiger partial charge in [0.2, 0.25) is 21.8 Å². The first kappa shape index (κ1) is 26.9. The first-order chi connectivity index (χ1) is 16.6. The predicted molar refractivity (Wildman–Crippen MR) is 132 cm³/mol. The molecule has 2 fully saturated rings. The van der Waals surface area contributed by atoms with E-state index in [1.807, 2.05) is 0 Å². The number of benzene rings is 1. The van der Waals surface area contributed by atoms with Gasteiger partial charge in [0.05, 0.1) is 4.90 Å². The second-order valence-corrected chi connectivity index (χ2v) is 11.6. The van der Waals surface area contributed by atoms with Crippen molar-refractivity contribution in [2.24, 2.45) is 11.7 Å². The summed E-state index contributed by atoms with van der Waals surface area (Å²) in [4.78, 5) is 39.9. The topological polar surface area (TPSA) is 142 Å². The average Bonchev–Trinajstić information content (AvgIpc) is 2.83. The highest BCUT2D eigenvalue weighted by molar-refractivity contribution is 7.89. The molecule has 3 rings (SSSR count). The molecule has 11 heteroatoms. The molecule has 2 aliphatic rings. The van der Waals surface area contributed by atoms with Gasteiger partial charge >= 0.3 is 6.03 Å². The molecule has 0 aromatic heterocycles. The summed E-state index contributed by atoms with van der Waals surface area (Å²) in [6, 6.07) is 5.38. The minimum atomic E-state index is -3.86. The minimum absolute atomic E-state index is 0.0343. The van der Waals surface area contributed by atoms with Gasteiger partial charge in [-0.15, -0.1) is 0 Å². The van der Waals surface area contributed by atoms with Crippen LogP contribution in [-0.2, 0) is 19.6 Å². The van der Waals surface area contributed by atoms with Crippen molar-refractivity contribution in [1.29, 1.82) is 0 Å². The fraction of sp³-hybridized carbons (Fsp3) is 0.625. The van der Waals surface area contributed by atoms with Crippen LogP contribution in [-0.4, -0.2) is 73.2 Å². The van der Waals surface area contributed by atoms with Gasteiger partial charge in [-0.05, 0) is 38.3 Å². The number of nitrogens with zero attached hydrogens (tertiary/aromatic N) is 2. The van der Waals surface area contributed by atoms with Gasteiger partial charge in [0, 0.05) is 25.7 Å². The van der Waals surface area contributed by atoms with Gasteiger partial charge in [-0.3, -0.25) is 9.59 Å². The van der Waals surface area contributed by atoms with Crippen molar-refractivity contribution in [1.82, 2.24) is 19.8 Å². The van der Waals surface area contributed by atoms with Crippen molar-refractivity contribution in [3.63, 3.8) is 0 Å². The maximum atomic E-state index is 13.4. The zero-order chi connectivity index (χ0) is 25.6. The van der Waals surface area contributed by atoms with E-state index < -0.39 is 40.0 Å². The molecule has 2 unspecified atom stereocenters. The molecule has 0 spiro atoms. The van der Waals surface area contributed by atoms with E-state index in [0.29, 0.717) is 12.3 Å². The Kier molecular flexibility index (Phi) is 9.12. The Labute approximate surface area is 207 Å². The molecule has 1 saturated carbocycles. The molecule has 0 radical (unpaired) electrons. The third-order valence-electron chi connectivity index (χ3n) is 6.65. The summed E-state index contributed by atoms with van der Waals surface area (Å²) in [7, 11) is -3.86. The summed E-state index contributed by atoms with van der Waals surface area (Å²) >= 11 is 0. The Morgan fingerprint density at radius 1 is 1.03 bits per heavy atom. The second kappa shape index (κ2) is 11.9. The normalized spacial score (nSPS) is 20.9. The number of urea groups is 1. The van der Waals surface area contributed by atoms with Crippen molar-refractivity contribution >= 4 is 27.9 Å². The van der Waals surface area contributed by atoms with Crippen LogP contribution in [0.4, 0.5) is 4.79 Å². The highest BCUT2D eigenvalue weighted by Crippen LogP contribution is 2.27. The molecule has 10 nitrogen and oxygen atoms in total. The number of carbonyl (C=O) groups is 3. The minimum Gasteiger partial charge on any atom is -0.368 e. The van der Waals surface area contributed by atoms with Crippen LogP contribution in [0, 0.1) is 5.92 Å². The maximum absolute atomic E-state index is 13.4. The van der Waals surface area contributed by atoms with Crippen LogP contribution in [0.2, 0.25) is 0 Å². The smallest absolute Gasteiger partial charge is 0.318 e. The fourth-order valence-corrected chi connectivity index (χ4v) is 6.24. The maximum Gasteiger partial charge on any atom is 0.318 e. The molecule has 1 aromatic rings. The Balaban J connectivity index is 1.81. The van der Waals surface area contributed by atoms with E-state index >= 15 is 0 Å². The Bertz CT molecular complexity index is 995. The van der Waals surface area contributed by atoms with E-state index in [1.54, 1.807) is 32.0 Å². The number of nitrogens with one attached hydrogen (secondary N) is 2. The lowest BCUT2D eigenvalue weighted by molar-refractivity contribution is -0.131. The van der Waals surface area contributed by atoms with Crippen molar-refractivity contribution in [2.75, 3.05) is 19.6 Å². The molecule has 1 aromatic carbocycles. The van der Waals surface area contributed by atoms with Crippen LogP contribution < -0.4 is 16.4 Å². The lowest BCUT2D eigenvalue weighted by atomic mass is 9.84. The Morgan fingerprint density at radius 3 is 2.29 bits per heavy atom. The number of primary amides is 1. The van der Waals surface area contributed by atoms with Crippen molar-refractivity contribution in [3.8, 4) is 0 Å². The zero-order valence-corrected chi connectivity index (χ0v) is 21.3. The molecule has 1 saturated heterocycles. The second-order valence-electron chi connectivity index (χ2n) is 9.69. The summed E-state index contributed by atoms with van der Waals surface area (Å²) in [6.45, 7) is 3.47. The molecule has 1 heterocycles. The summed E-state index contributed by atoms with van der Waals surface area (Å²) < 4.78 is 27.6. The highest BCUT2D eigenvalue weighted by atomic mass is 32.2. The summed E-state index contributed by atoms with van der Waals surface area (Å²) in [5.41, 5.74) is 5.61. The van der Waals surface area contributed by atoms with E-state index in [1.165, 1.54) is 21.3 Å². The first-order valence-corrected chi connectivity index (χ1v) is 13.8. The average molecular weight is 508 g/mol. The molecule has 1 aliphatic carbocycles.